The molecule has 3 heterocycles. The largest absolute Gasteiger partial charge is 0.457 e. The molecule has 1 aliphatic carbocycles. The number of aromatic nitrogens is 5. The Bertz CT molecular complexity index is 3160. The number of rotatable bonds is 6. The molecule has 0 amide bonds. The number of benzene rings is 8. The fourth-order valence-electron chi connectivity index (χ4n) is 9.30. The Balaban J connectivity index is 1.15. The number of ether oxygens (including phenoxy) is 1. The van der Waals surface area contributed by atoms with Crippen LogP contribution in [-0.2, 0) is 5.41 Å². The van der Waals surface area contributed by atoms with Crippen molar-refractivity contribution in [3.8, 4) is 90.7 Å². The molecule has 1 spiro atoms. The first-order chi connectivity index (χ1) is 30.7. The molecule has 0 saturated carbocycles. The molecule has 6 nitrogen and oxygen atoms in total. The lowest BCUT2D eigenvalue weighted by atomic mass is 9.65. The average molecular weight is 794 g/mol. The fraction of sp³-hybridized carbons (Fsp3) is 0.0179. The molecule has 0 unspecified atom stereocenters. The lowest BCUT2D eigenvalue weighted by Gasteiger charge is -2.40. The van der Waals surface area contributed by atoms with Gasteiger partial charge in [-0.05, 0) is 46.5 Å². The lowest BCUT2D eigenvalue weighted by Crippen LogP contribution is -2.32. The van der Waals surface area contributed by atoms with E-state index in [2.05, 4.69) is 103 Å². The van der Waals surface area contributed by atoms with Gasteiger partial charge in [-0.3, -0.25) is 0 Å². The molecule has 2 aliphatic rings. The smallest absolute Gasteiger partial charge is 0.164 e. The quantitative estimate of drug-likeness (QED) is 0.167. The second-order valence-corrected chi connectivity index (χ2v) is 15.6. The molecule has 10 aromatic rings. The number of fused-ring (bicyclic) bond motifs is 9. The van der Waals surface area contributed by atoms with Gasteiger partial charge in [-0.25, -0.2) is 24.9 Å². The van der Waals surface area contributed by atoms with Crippen molar-refractivity contribution in [3.05, 3.63) is 235 Å². The third kappa shape index (κ3) is 5.69. The first kappa shape index (κ1) is 35.6. The van der Waals surface area contributed by atoms with Crippen LogP contribution in [0.5, 0.6) is 11.5 Å². The Morgan fingerprint density at radius 3 is 1.29 bits per heavy atom. The Labute approximate surface area is 359 Å². The summed E-state index contributed by atoms with van der Waals surface area (Å²) in [7, 11) is 0. The van der Waals surface area contributed by atoms with Crippen LogP contribution < -0.4 is 4.74 Å². The van der Waals surface area contributed by atoms with Gasteiger partial charge in [0.2, 0.25) is 0 Å². The van der Waals surface area contributed by atoms with Gasteiger partial charge in [0.05, 0.1) is 16.8 Å². The molecule has 0 bridgehead atoms. The van der Waals surface area contributed by atoms with Crippen LogP contribution in [0.25, 0.3) is 79.2 Å². The van der Waals surface area contributed by atoms with Crippen LogP contribution in [0.4, 0.5) is 0 Å². The minimum absolute atomic E-state index is 0.592. The lowest BCUT2D eigenvalue weighted by molar-refractivity contribution is 0.436. The molecule has 12 rings (SSSR count). The van der Waals surface area contributed by atoms with Crippen LogP contribution in [0.3, 0.4) is 0 Å². The Kier molecular flexibility index (Phi) is 8.28. The molecule has 2 aromatic heterocycles. The SMILES string of the molecule is c1ccc(-c2cc(-c3ccccc3)nc(-c3ccc4c(c3)C3(c5ccccc5Oc5ccccc53)c3c(-c5nc(-c6ccccc6)nc(-c6ccccc6)n5)cccc3-4)n2)cc1. The maximum absolute atomic E-state index is 6.77. The van der Waals surface area contributed by atoms with Crippen LogP contribution in [0.15, 0.2) is 212 Å². The summed E-state index contributed by atoms with van der Waals surface area (Å²) < 4.78 is 6.77. The maximum atomic E-state index is 6.77. The van der Waals surface area contributed by atoms with E-state index in [0.717, 1.165) is 89.6 Å². The van der Waals surface area contributed by atoms with Gasteiger partial charge >= 0.3 is 0 Å². The summed E-state index contributed by atoms with van der Waals surface area (Å²) >= 11 is 0. The summed E-state index contributed by atoms with van der Waals surface area (Å²) in [5.41, 5.74) is 13.1. The summed E-state index contributed by atoms with van der Waals surface area (Å²) in [4.78, 5) is 26.2. The maximum Gasteiger partial charge on any atom is 0.164 e. The molecule has 8 aromatic carbocycles. The zero-order valence-electron chi connectivity index (χ0n) is 33.4. The number of hydrogen-bond donors (Lipinski definition) is 0. The third-order valence-corrected chi connectivity index (χ3v) is 12.0. The van der Waals surface area contributed by atoms with Crippen molar-refractivity contribution in [1.29, 1.82) is 0 Å². The highest BCUT2D eigenvalue weighted by Crippen LogP contribution is 2.64. The second kappa shape index (κ2) is 14.4. The van der Waals surface area contributed by atoms with Crippen molar-refractivity contribution in [2.24, 2.45) is 0 Å². The Hall–Kier alpha value is -8.35. The molecule has 1 aliphatic heterocycles. The van der Waals surface area contributed by atoms with E-state index in [9.17, 15) is 0 Å². The molecule has 290 valence electrons. The number of hydrogen-bond acceptors (Lipinski definition) is 6. The Morgan fingerprint density at radius 2 is 0.742 bits per heavy atom. The minimum atomic E-state index is -0.839. The molecule has 0 N–H and O–H groups in total. The topological polar surface area (TPSA) is 73.7 Å². The van der Waals surface area contributed by atoms with Crippen molar-refractivity contribution >= 4 is 0 Å². The van der Waals surface area contributed by atoms with Gasteiger partial charge in [0.25, 0.3) is 0 Å². The predicted molar refractivity (Wildman–Crippen MR) is 245 cm³/mol. The van der Waals surface area contributed by atoms with Crippen molar-refractivity contribution < 1.29 is 4.74 Å². The molecule has 0 saturated heterocycles. The van der Waals surface area contributed by atoms with E-state index in [1.54, 1.807) is 0 Å². The highest BCUT2D eigenvalue weighted by atomic mass is 16.5. The van der Waals surface area contributed by atoms with Crippen LogP contribution in [-0.4, -0.2) is 24.9 Å². The molecule has 62 heavy (non-hydrogen) atoms. The Morgan fingerprint density at radius 1 is 0.290 bits per heavy atom. The number of para-hydroxylation sites is 2. The molecule has 0 atom stereocenters. The first-order valence-corrected chi connectivity index (χ1v) is 20.8. The van der Waals surface area contributed by atoms with Crippen LogP contribution >= 0.6 is 0 Å². The second-order valence-electron chi connectivity index (χ2n) is 15.6. The minimum Gasteiger partial charge on any atom is -0.457 e. The van der Waals surface area contributed by atoms with Gasteiger partial charge < -0.3 is 4.74 Å². The van der Waals surface area contributed by atoms with E-state index < -0.39 is 5.41 Å². The molecular formula is C56H35N5O. The normalized spacial score (nSPS) is 12.8. The summed E-state index contributed by atoms with van der Waals surface area (Å²) in [6, 6.07) is 73.0. The van der Waals surface area contributed by atoms with Gasteiger partial charge in [-0.15, -0.1) is 0 Å². The monoisotopic (exact) mass is 793 g/mol. The van der Waals surface area contributed by atoms with Crippen LogP contribution in [0, 0.1) is 0 Å². The summed E-state index contributed by atoms with van der Waals surface area (Å²) in [6.45, 7) is 0. The average Bonchev–Trinajstić information content (AvgIpc) is 3.65. The van der Waals surface area contributed by atoms with Crippen LogP contribution in [0.1, 0.15) is 22.3 Å². The van der Waals surface area contributed by atoms with Crippen molar-refractivity contribution in [3.63, 3.8) is 0 Å². The van der Waals surface area contributed by atoms with E-state index in [1.807, 2.05) is 109 Å². The van der Waals surface area contributed by atoms with Gasteiger partial charge in [-0.1, -0.05) is 188 Å². The van der Waals surface area contributed by atoms with Gasteiger partial charge in [0.15, 0.2) is 23.3 Å². The summed E-state index contributed by atoms with van der Waals surface area (Å²) in [5.74, 6) is 4.04. The zero-order valence-corrected chi connectivity index (χ0v) is 33.4. The highest BCUT2D eigenvalue weighted by molar-refractivity contribution is 5.94. The summed E-state index contributed by atoms with van der Waals surface area (Å²) in [5, 5.41) is 0. The molecule has 0 radical (unpaired) electrons. The highest BCUT2D eigenvalue weighted by Gasteiger charge is 2.52. The van der Waals surface area contributed by atoms with E-state index in [0.29, 0.717) is 23.3 Å². The van der Waals surface area contributed by atoms with Crippen molar-refractivity contribution in [1.82, 2.24) is 24.9 Å². The van der Waals surface area contributed by atoms with Crippen molar-refractivity contribution in [2.75, 3.05) is 0 Å². The molecule has 6 heteroatoms. The van der Waals surface area contributed by atoms with E-state index in [1.165, 1.54) is 0 Å². The van der Waals surface area contributed by atoms with E-state index >= 15 is 0 Å². The standard InChI is InChI=1S/C56H35N5O/c1-5-18-36(19-6-1)47-35-48(37-20-7-2-8-21-37)58-54(57-47)40-32-33-41-42-26-17-27-43(55-60-52(38-22-9-3-10-23-38)59-53(61-55)39-24-11-4-12-25-39)51(42)56(46(41)34-40)44-28-13-15-30-49(44)62-50-31-16-14-29-45(50)56/h1-35H. The van der Waals surface area contributed by atoms with E-state index in [4.69, 9.17) is 29.7 Å². The van der Waals surface area contributed by atoms with E-state index in [-0.39, 0.29) is 0 Å². The van der Waals surface area contributed by atoms with Gasteiger partial charge in [-0.2, -0.15) is 0 Å². The van der Waals surface area contributed by atoms with Gasteiger partial charge in [0.1, 0.15) is 11.5 Å². The number of nitrogens with zero attached hydrogens (tertiary/aromatic N) is 5. The molecule has 0 fully saturated rings. The van der Waals surface area contributed by atoms with Crippen LogP contribution in [0.2, 0.25) is 0 Å². The van der Waals surface area contributed by atoms with Crippen molar-refractivity contribution in [2.45, 2.75) is 5.41 Å². The predicted octanol–water partition coefficient (Wildman–Crippen LogP) is 13.1. The summed E-state index contributed by atoms with van der Waals surface area (Å²) in [6.07, 6.45) is 0. The van der Waals surface area contributed by atoms with Gasteiger partial charge in [0, 0.05) is 44.5 Å². The third-order valence-electron chi connectivity index (χ3n) is 12.0. The fourth-order valence-corrected chi connectivity index (χ4v) is 9.30. The molecular weight excluding hydrogens is 759 g/mol. The first-order valence-electron chi connectivity index (χ1n) is 20.8. The zero-order chi connectivity index (χ0) is 41.0.